The van der Waals surface area contributed by atoms with Gasteiger partial charge in [0.2, 0.25) is 0 Å². The van der Waals surface area contributed by atoms with Gasteiger partial charge in [0.15, 0.2) is 0 Å². The molecule has 1 aromatic rings. The van der Waals surface area contributed by atoms with Gasteiger partial charge < -0.3 is 9.30 Å². The number of methoxy groups -OCH3 is 1. The number of ether oxygens (including phenoxy) is 1. The molecule has 0 spiro atoms. The molecule has 0 aliphatic carbocycles. The first-order valence-corrected chi connectivity index (χ1v) is 4.41. The molecule has 0 radical (unpaired) electrons. The number of imidazole rings is 1. The van der Waals surface area contributed by atoms with Crippen molar-refractivity contribution in [2.75, 3.05) is 7.11 Å². The van der Waals surface area contributed by atoms with Gasteiger partial charge in [0.25, 0.3) is 0 Å². The Morgan fingerprint density at radius 2 is 2.50 bits per heavy atom. The van der Waals surface area contributed by atoms with Crippen LogP contribution in [0.15, 0.2) is 12.5 Å². The summed E-state index contributed by atoms with van der Waals surface area (Å²) in [5.74, 6) is -0.257. The first-order valence-electron chi connectivity index (χ1n) is 4.41. The molecule has 1 atom stereocenters. The average molecular weight is 197 g/mol. The molecule has 1 N–H and O–H groups in total. The Morgan fingerprint density at radius 3 is 3.00 bits per heavy atom. The normalized spacial score (nSPS) is 12.5. The maximum atomic E-state index is 11.0. The fourth-order valence-corrected chi connectivity index (χ4v) is 1.07. The summed E-state index contributed by atoms with van der Waals surface area (Å²) in [6.45, 7) is 2.37. The topological polar surface area (TPSA) is 56.1 Å². The summed E-state index contributed by atoms with van der Waals surface area (Å²) in [5, 5.41) is 3.04. The lowest BCUT2D eigenvalue weighted by atomic mass is 10.3. The highest BCUT2D eigenvalue weighted by molar-refractivity contribution is 5.74. The second-order valence-corrected chi connectivity index (χ2v) is 3.12. The van der Waals surface area contributed by atoms with E-state index in [0.717, 1.165) is 5.69 Å². The highest BCUT2D eigenvalue weighted by Gasteiger charge is 2.12. The zero-order valence-electron chi connectivity index (χ0n) is 8.65. The van der Waals surface area contributed by atoms with E-state index in [1.807, 2.05) is 11.6 Å². The van der Waals surface area contributed by atoms with Crippen molar-refractivity contribution in [1.29, 1.82) is 0 Å². The third-order valence-electron chi connectivity index (χ3n) is 2.06. The number of rotatable bonds is 4. The molecule has 1 unspecified atom stereocenters. The van der Waals surface area contributed by atoms with Crippen LogP contribution in [0.25, 0.3) is 0 Å². The number of carbonyl (C=O) groups is 1. The maximum Gasteiger partial charge on any atom is 0.322 e. The predicted octanol–water partition coefficient (Wildman–Crippen LogP) is 0.0712. The minimum Gasteiger partial charge on any atom is -0.468 e. The van der Waals surface area contributed by atoms with Gasteiger partial charge in [-0.3, -0.25) is 10.1 Å². The first kappa shape index (κ1) is 10.7. The zero-order valence-corrected chi connectivity index (χ0v) is 8.65. The smallest absolute Gasteiger partial charge is 0.322 e. The molecule has 1 heterocycles. The van der Waals surface area contributed by atoms with Gasteiger partial charge in [-0.25, -0.2) is 4.98 Å². The van der Waals surface area contributed by atoms with Crippen LogP contribution >= 0.6 is 0 Å². The number of aryl methyl sites for hydroxylation is 1. The van der Waals surface area contributed by atoms with Crippen molar-refractivity contribution in [3.63, 3.8) is 0 Å². The lowest BCUT2D eigenvalue weighted by Crippen LogP contribution is -2.34. The molecule has 0 fully saturated rings. The summed E-state index contributed by atoms with van der Waals surface area (Å²) in [6, 6.07) is -0.296. The number of hydrogen-bond donors (Lipinski definition) is 1. The molecule has 5 nitrogen and oxygen atoms in total. The molecule has 0 aliphatic heterocycles. The Bertz CT molecular complexity index is 309. The quantitative estimate of drug-likeness (QED) is 0.694. The van der Waals surface area contributed by atoms with Gasteiger partial charge in [0.1, 0.15) is 6.04 Å². The summed E-state index contributed by atoms with van der Waals surface area (Å²) >= 11 is 0. The van der Waals surface area contributed by atoms with Crippen molar-refractivity contribution in [1.82, 2.24) is 14.9 Å². The third kappa shape index (κ3) is 2.56. The molecular formula is C9H15N3O2. The fourth-order valence-electron chi connectivity index (χ4n) is 1.07. The van der Waals surface area contributed by atoms with E-state index in [1.165, 1.54) is 7.11 Å². The Labute approximate surface area is 83.1 Å². The van der Waals surface area contributed by atoms with Gasteiger partial charge in [0.05, 0.1) is 19.1 Å². The third-order valence-corrected chi connectivity index (χ3v) is 2.06. The number of carbonyl (C=O) groups excluding carboxylic acids is 1. The van der Waals surface area contributed by atoms with Gasteiger partial charge in [-0.2, -0.15) is 0 Å². The van der Waals surface area contributed by atoms with Gasteiger partial charge in [-0.1, -0.05) is 0 Å². The van der Waals surface area contributed by atoms with E-state index in [9.17, 15) is 4.79 Å². The summed E-state index contributed by atoms with van der Waals surface area (Å²) in [6.07, 6.45) is 3.48. The van der Waals surface area contributed by atoms with Crippen molar-refractivity contribution >= 4 is 5.97 Å². The fraction of sp³-hybridized carbons (Fsp3) is 0.556. The van der Waals surface area contributed by atoms with Gasteiger partial charge in [-0.15, -0.1) is 0 Å². The van der Waals surface area contributed by atoms with E-state index in [0.29, 0.717) is 6.54 Å². The van der Waals surface area contributed by atoms with Crippen LogP contribution in [0.2, 0.25) is 0 Å². The van der Waals surface area contributed by atoms with E-state index in [2.05, 4.69) is 15.0 Å². The van der Waals surface area contributed by atoms with Crippen molar-refractivity contribution in [2.45, 2.75) is 19.5 Å². The minimum absolute atomic E-state index is 0.257. The van der Waals surface area contributed by atoms with Crippen LogP contribution in [0.4, 0.5) is 0 Å². The zero-order chi connectivity index (χ0) is 10.6. The first-order chi connectivity index (χ1) is 6.65. The Balaban J connectivity index is 2.41. The van der Waals surface area contributed by atoms with Crippen molar-refractivity contribution in [2.24, 2.45) is 7.05 Å². The van der Waals surface area contributed by atoms with E-state index in [-0.39, 0.29) is 12.0 Å². The molecule has 0 aliphatic rings. The van der Waals surface area contributed by atoms with Gasteiger partial charge >= 0.3 is 5.97 Å². The largest absolute Gasteiger partial charge is 0.468 e. The summed E-state index contributed by atoms with van der Waals surface area (Å²) in [7, 11) is 3.29. The van der Waals surface area contributed by atoms with Gasteiger partial charge in [-0.05, 0) is 6.92 Å². The highest BCUT2D eigenvalue weighted by atomic mass is 16.5. The van der Waals surface area contributed by atoms with Crippen molar-refractivity contribution < 1.29 is 9.53 Å². The summed E-state index contributed by atoms with van der Waals surface area (Å²) in [4.78, 5) is 15.0. The van der Waals surface area contributed by atoms with Crippen LogP contribution < -0.4 is 5.32 Å². The van der Waals surface area contributed by atoms with Gasteiger partial charge in [0, 0.05) is 19.8 Å². The van der Waals surface area contributed by atoms with E-state index in [4.69, 9.17) is 0 Å². The van der Waals surface area contributed by atoms with E-state index in [1.54, 1.807) is 19.4 Å². The average Bonchev–Trinajstić information content (AvgIpc) is 2.59. The van der Waals surface area contributed by atoms with Crippen LogP contribution in [-0.2, 0) is 23.1 Å². The Morgan fingerprint density at radius 1 is 1.79 bits per heavy atom. The number of hydrogen-bond acceptors (Lipinski definition) is 4. The summed E-state index contributed by atoms with van der Waals surface area (Å²) in [5.41, 5.74) is 1.03. The molecule has 0 bridgehead atoms. The van der Waals surface area contributed by atoms with Crippen LogP contribution in [0.5, 0.6) is 0 Å². The molecule has 0 saturated heterocycles. The Hall–Kier alpha value is -1.36. The monoisotopic (exact) mass is 197 g/mol. The molecule has 78 valence electrons. The predicted molar refractivity (Wildman–Crippen MR) is 51.5 cm³/mol. The van der Waals surface area contributed by atoms with E-state index < -0.39 is 0 Å². The standard InChI is InChI=1S/C9H15N3O2/c1-7(9(13)14-3)11-5-8-4-10-6-12(8)2/h4,6-7,11H,5H2,1-3H3. The van der Waals surface area contributed by atoms with Crippen LogP contribution in [-0.4, -0.2) is 28.7 Å². The van der Waals surface area contributed by atoms with Crippen molar-refractivity contribution in [3.8, 4) is 0 Å². The van der Waals surface area contributed by atoms with Crippen molar-refractivity contribution in [3.05, 3.63) is 18.2 Å². The van der Waals surface area contributed by atoms with Crippen LogP contribution in [0.3, 0.4) is 0 Å². The minimum atomic E-state index is -0.296. The molecule has 14 heavy (non-hydrogen) atoms. The van der Waals surface area contributed by atoms with E-state index >= 15 is 0 Å². The number of nitrogens with one attached hydrogen (secondary N) is 1. The SMILES string of the molecule is COC(=O)C(C)NCc1cncn1C. The lowest BCUT2D eigenvalue weighted by Gasteiger charge is -2.11. The number of esters is 1. The summed E-state index contributed by atoms with van der Waals surface area (Å²) < 4.78 is 6.49. The number of nitrogens with zero attached hydrogens (tertiary/aromatic N) is 2. The Kier molecular flexibility index (Phi) is 3.64. The maximum absolute atomic E-state index is 11.0. The van der Waals surface area contributed by atoms with Crippen LogP contribution in [0, 0.1) is 0 Å². The molecule has 1 aromatic heterocycles. The second-order valence-electron chi connectivity index (χ2n) is 3.12. The molecule has 0 saturated carbocycles. The molecule has 0 amide bonds. The molecular weight excluding hydrogens is 182 g/mol. The lowest BCUT2D eigenvalue weighted by molar-refractivity contribution is -0.142. The number of aromatic nitrogens is 2. The second kappa shape index (κ2) is 4.76. The highest BCUT2D eigenvalue weighted by Crippen LogP contribution is 1.96. The molecule has 1 rings (SSSR count). The molecule has 5 heteroatoms. The molecule has 0 aromatic carbocycles. The van der Waals surface area contributed by atoms with Crippen LogP contribution in [0.1, 0.15) is 12.6 Å².